The minimum absolute atomic E-state index is 0.157. The van der Waals surface area contributed by atoms with Crippen LogP contribution in [0.5, 0.6) is 0 Å². The van der Waals surface area contributed by atoms with Gasteiger partial charge in [0.05, 0.1) is 44.7 Å². The molecule has 1 N–H and O–H groups in total. The second-order valence-electron chi connectivity index (χ2n) is 11.0. The Labute approximate surface area is 236 Å². The van der Waals surface area contributed by atoms with Gasteiger partial charge in [-0.25, -0.2) is 9.88 Å². The zero-order chi connectivity index (χ0) is 29.0. The Morgan fingerprint density at radius 2 is 1.66 bits per heavy atom. The van der Waals surface area contributed by atoms with Crippen LogP contribution in [0.1, 0.15) is 30.8 Å². The zero-order valence-electron chi connectivity index (χ0n) is 21.7. The molecule has 2 amide bonds. The number of aromatic nitrogens is 2. The first kappa shape index (κ1) is 25.9. The van der Waals surface area contributed by atoms with Crippen LogP contribution in [0.3, 0.4) is 0 Å². The number of alkyl halides is 3. The van der Waals surface area contributed by atoms with Gasteiger partial charge in [-0.1, -0.05) is 55.8 Å². The zero-order valence-corrected chi connectivity index (χ0v) is 22.5. The van der Waals surface area contributed by atoms with Crippen LogP contribution >= 0.6 is 11.6 Å². The lowest BCUT2D eigenvalue weighted by Gasteiger charge is -2.32. The quantitative estimate of drug-likeness (QED) is 0.337. The topological polar surface area (TPSA) is 84.3 Å². The van der Waals surface area contributed by atoms with Gasteiger partial charge in [0.1, 0.15) is 11.4 Å². The Balaban J connectivity index is 1.51. The molecule has 208 valence electrons. The fraction of sp³-hybridized carbons (Fsp3) is 0.267. The maximum atomic E-state index is 14.4. The lowest BCUT2D eigenvalue weighted by molar-refractivity contribution is -0.137. The number of halogens is 4. The monoisotopic (exact) mass is 578 g/mol. The van der Waals surface area contributed by atoms with Gasteiger partial charge in [0.2, 0.25) is 11.8 Å². The molecule has 0 aliphatic carbocycles. The van der Waals surface area contributed by atoms with E-state index in [1.807, 2.05) is 13.8 Å². The molecule has 11 heteroatoms. The standard InChI is InChI=1S/C30H22ClF3N4O3/c1-14(2)24-22-23(27(41)37(26(22)40)21-13-15(30(32,33)34)11-12-18(21)31)29(36-24)17-8-4-6-10-20(17)38-25(39)16-7-3-5-9-19(16)35-28(29)38/h3-14,22-24,36H,1-2H3/t22-,23-,24-,29+/m0/s1. The van der Waals surface area contributed by atoms with Gasteiger partial charge in [0.25, 0.3) is 5.56 Å². The number of hydrogen-bond donors (Lipinski definition) is 1. The third-order valence-electron chi connectivity index (χ3n) is 8.53. The number of benzene rings is 3. The molecule has 4 atom stereocenters. The minimum Gasteiger partial charge on any atom is -0.296 e. The summed E-state index contributed by atoms with van der Waals surface area (Å²) in [7, 11) is 0. The SMILES string of the molecule is CC(C)[C@@H]1N[C@]2(c3ccccc3-n3c2nc2ccccc2c3=O)[C@@H]2C(=O)N(c3cc(C(F)(F)F)ccc3Cl)C(=O)[C@@H]21. The van der Waals surface area contributed by atoms with Crippen molar-refractivity contribution < 1.29 is 22.8 Å². The van der Waals surface area contributed by atoms with E-state index in [4.69, 9.17) is 16.6 Å². The number of para-hydroxylation sites is 2. The molecule has 2 fully saturated rings. The highest BCUT2D eigenvalue weighted by molar-refractivity contribution is 6.36. The van der Waals surface area contributed by atoms with Crippen molar-refractivity contribution in [3.8, 4) is 5.69 Å². The number of nitrogens with one attached hydrogen (secondary N) is 1. The smallest absolute Gasteiger partial charge is 0.296 e. The van der Waals surface area contributed by atoms with E-state index in [0.29, 0.717) is 22.2 Å². The Morgan fingerprint density at radius 3 is 2.39 bits per heavy atom. The van der Waals surface area contributed by atoms with Gasteiger partial charge >= 0.3 is 6.18 Å². The van der Waals surface area contributed by atoms with Crippen LogP contribution in [0.2, 0.25) is 5.02 Å². The molecule has 0 saturated carbocycles. The molecule has 1 spiro atoms. The van der Waals surface area contributed by atoms with Crippen LogP contribution < -0.4 is 15.8 Å². The molecule has 0 unspecified atom stereocenters. The number of nitrogens with zero attached hydrogens (tertiary/aromatic N) is 3. The molecule has 7 rings (SSSR count). The van der Waals surface area contributed by atoms with Crippen LogP contribution in [0.4, 0.5) is 18.9 Å². The summed E-state index contributed by atoms with van der Waals surface area (Å²) >= 11 is 6.33. The first-order valence-corrected chi connectivity index (χ1v) is 13.5. The van der Waals surface area contributed by atoms with Gasteiger partial charge in [-0.15, -0.1) is 0 Å². The second kappa shape index (κ2) is 8.50. The Hall–Kier alpha value is -4.02. The molecule has 4 heterocycles. The molecule has 0 bridgehead atoms. The minimum atomic E-state index is -4.71. The summed E-state index contributed by atoms with van der Waals surface area (Å²) in [6, 6.07) is 16.0. The fourth-order valence-corrected chi connectivity index (χ4v) is 7.02. The van der Waals surface area contributed by atoms with Crippen molar-refractivity contribution in [2.75, 3.05) is 4.90 Å². The number of imide groups is 1. The number of fused-ring (bicyclic) bond motifs is 8. The van der Waals surface area contributed by atoms with E-state index in [1.165, 1.54) is 4.57 Å². The number of amides is 2. The first-order valence-electron chi connectivity index (χ1n) is 13.1. The summed E-state index contributed by atoms with van der Waals surface area (Å²) in [5, 5.41) is 3.79. The molecule has 3 aliphatic heterocycles. The van der Waals surface area contributed by atoms with Gasteiger partial charge in [0.15, 0.2) is 0 Å². The summed E-state index contributed by atoms with van der Waals surface area (Å²) < 4.78 is 42.4. The van der Waals surface area contributed by atoms with E-state index in [0.717, 1.165) is 23.1 Å². The van der Waals surface area contributed by atoms with Gasteiger partial charge in [-0.05, 0) is 42.3 Å². The lowest BCUT2D eigenvalue weighted by Crippen LogP contribution is -2.51. The van der Waals surface area contributed by atoms with Gasteiger partial charge in [-0.3, -0.25) is 24.3 Å². The summed E-state index contributed by atoms with van der Waals surface area (Å²) in [5.41, 5.74) is -1.52. The van der Waals surface area contributed by atoms with Crippen molar-refractivity contribution in [1.29, 1.82) is 0 Å². The summed E-state index contributed by atoms with van der Waals surface area (Å²) in [6.45, 7) is 3.79. The maximum Gasteiger partial charge on any atom is 0.416 e. The van der Waals surface area contributed by atoms with Crippen LogP contribution in [0.15, 0.2) is 71.5 Å². The third-order valence-corrected chi connectivity index (χ3v) is 8.85. The highest BCUT2D eigenvalue weighted by Gasteiger charge is 2.70. The van der Waals surface area contributed by atoms with Gasteiger partial charge < -0.3 is 0 Å². The molecule has 4 aromatic rings. The van der Waals surface area contributed by atoms with Crippen molar-refractivity contribution in [2.45, 2.75) is 31.6 Å². The molecule has 3 aromatic carbocycles. The Bertz CT molecular complexity index is 1870. The number of rotatable bonds is 2. The van der Waals surface area contributed by atoms with E-state index >= 15 is 0 Å². The average Bonchev–Trinajstić information content (AvgIpc) is 3.52. The van der Waals surface area contributed by atoms with Gasteiger partial charge in [-0.2, -0.15) is 13.2 Å². The molecule has 2 saturated heterocycles. The van der Waals surface area contributed by atoms with Crippen molar-refractivity contribution in [3.05, 3.63) is 99.1 Å². The van der Waals surface area contributed by atoms with Crippen LogP contribution in [0, 0.1) is 17.8 Å². The fourth-order valence-electron chi connectivity index (χ4n) is 6.82. The number of hydrogen-bond acceptors (Lipinski definition) is 5. The van der Waals surface area contributed by atoms with Crippen LogP contribution in [-0.2, 0) is 21.3 Å². The van der Waals surface area contributed by atoms with E-state index in [-0.39, 0.29) is 28.0 Å². The number of carbonyl (C=O) groups excluding carboxylic acids is 2. The van der Waals surface area contributed by atoms with Crippen LogP contribution in [-0.4, -0.2) is 27.4 Å². The summed E-state index contributed by atoms with van der Waals surface area (Å²) in [4.78, 5) is 48.0. The average molecular weight is 579 g/mol. The van der Waals surface area contributed by atoms with E-state index < -0.39 is 47.0 Å². The van der Waals surface area contributed by atoms with Crippen molar-refractivity contribution in [2.24, 2.45) is 17.8 Å². The third kappa shape index (κ3) is 3.31. The predicted molar refractivity (Wildman–Crippen MR) is 146 cm³/mol. The highest BCUT2D eigenvalue weighted by Crippen LogP contribution is 2.57. The maximum absolute atomic E-state index is 14.4. The molecular weight excluding hydrogens is 557 g/mol. The Kier molecular flexibility index (Phi) is 5.37. The lowest BCUT2D eigenvalue weighted by atomic mass is 9.75. The van der Waals surface area contributed by atoms with Crippen molar-refractivity contribution >= 4 is 40.0 Å². The molecule has 1 aromatic heterocycles. The molecule has 7 nitrogen and oxygen atoms in total. The predicted octanol–water partition coefficient (Wildman–Crippen LogP) is 5.05. The van der Waals surface area contributed by atoms with Crippen LogP contribution in [0.25, 0.3) is 16.6 Å². The van der Waals surface area contributed by atoms with Crippen molar-refractivity contribution in [1.82, 2.24) is 14.9 Å². The van der Waals surface area contributed by atoms with Crippen molar-refractivity contribution in [3.63, 3.8) is 0 Å². The normalized spacial score (nSPS) is 25.0. The van der Waals surface area contributed by atoms with E-state index in [9.17, 15) is 27.6 Å². The molecule has 0 radical (unpaired) electrons. The number of anilines is 1. The molecule has 3 aliphatic rings. The summed E-state index contributed by atoms with van der Waals surface area (Å²) in [5.74, 6) is -3.31. The largest absolute Gasteiger partial charge is 0.416 e. The highest BCUT2D eigenvalue weighted by atomic mass is 35.5. The van der Waals surface area contributed by atoms with Gasteiger partial charge in [0, 0.05) is 11.6 Å². The Morgan fingerprint density at radius 1 is 0.951 bits per heavy atom. The first-order chi connectivity index (χ1) is 19.5. The van der Waals surface area contributed by atoms with E-state index in [1.54, 1.807) is 48.5 Å². The molecule has 41 heavy (non-hydrogen) atoms. The van der Waals surface area contributed by atoms with E-state index in [2.05, 4.69) is 5.32 Å². The number of carbonyl (C=O) groups is 2. The summed E-state index contributed by atoms with van der Waals surface area (Å²) in [6.07, 6.45) is -4.71. The molecular formula is C30H22ClF3N4O3. The second-order valence-corrected chi connectivity index (χ2v) is 11.4.